The van der Waals surface area contributed by atoms with E-state index in [1.165, 1.54) is 23.1 Å². The number of hydrogen-bond donors (Lipinski definition) is 0. The van der Waals surface area contributed by atoms with Gasteiger partial charge < -0.3 is 14.5 Å². The van der Waals surface area contributed by atoms with E-state index in [0.717, 1.165) is 30.9 Å². The van der Waals surface area contributed by atoms with Gasteiger partial charge in [-0.2, -0.15) is 4.31 Å². The average Bonchev–Trinajstić information content (AvgIpc) is 3.32. The van der Waals surface area contributed by atoms with Crippen LogP contribution in [0.1, 0.15) is 29.5 Å². The molecule has 2 fully saturated rings. The van der Waals surface area contributed by atoms with Gasteiger partial charge in [0.1, 0.15) is 6.17 Å². The molecule has 0 unspecified atom stereocenters. The minimum Gasteiger partial charge on any atom is -0.379 e. The van der Waals surface area contributed by atoms with Crippen LogP contribution in [0.25, 0.3) is 0 Å². The molecule has 0 N–H and O–H groups in total. The van der Waals surface area contributed by atoms with Gasteiger partial charge >= 0.3 is 0 Å². The molecule has 7 heteroatoms. The number of morpholine rings is 1. The Balaban J connectivity index is 1.52. The Bertz CT molecular complexity index is 1060. The maximum atomic E-state index is 13.2. The first-order chi connectivity index (χ1) is 14.4. The van der Waals surface area contributed by atoms with E-state index in [9.17, 15) is 8.42 Å². The van der Waals surface area contributed by atoms with Gasteiger partial charge in [-0.05, 0) is 56.0 Å². The van der Waals surface area contributed by atoms with Crippen molar-refractivity contribution in [2.75, 3.05) is 42.6 Å². The minimum absolute atomic E-state index is 0.307. The van der Waals surface area contributed by atoms with Gasteiger partial charge in [-0.15, -0.1) is 0 Å². The van der Waals surface area contributed by atoms with Gasteiger partial charge in [-0.1, -0.05) is 23.8 Å². The predicted molar refractivity (Wildman–Crippen MR) is 118 cm³/mol. The quantitative estimate of drug-likeness (QED) is 0.750. The van der Waals surface area contributed by atoms with Crippen LogP contribution >= 0.6 is 0 Å². The maximum Gasteiger partial charge on any atom is 0.243 e. The highest BCUT2D eigenvalue weighted by Gasteiger charge is 2.40. The van der Waals surface area contributed by atoms with Crippen molar-refractivity contribution >= 4 is 21.4 Å². The van der Waals surface area contributed by atoms with Gasteiger partial charge in [0, 0.05) is 26.2 Å². The standard InChI is InChI=1S/C23H29N3O3S/c1-17-5-6-19(18(2)14-17)16-26-22-15-20(30(27,28)24-10-12-29-13-11-24)7-8-21(22)25-9-3-4-23(25)26/h5-8,14-15,23H,3-4,9-13,16H2,1-2H3/t23-/m0/s1. The number of fused-ring (bicyclic) bond motifs is 3. The maximum absolute atomic E-state index is 13.2. The number of sulfonamides is 1. The number of rotatable bonds is 4. The highest BCUT2D eigenvalue weighted by Crippen LogP contribution is 2.46. The third-order valence-electron chi connectivity index (χ3n) is 6.59. The molecule has 6 nitrogen and oxygen atoms in total. The van der Waals surface area contributed by atoms with Crippen LogP contribution in [0.4, 0.5) is 11.4 Å². The Morgan fingerprint density at radius 3 is 2.57 bits per heavy atom. The third kappa shape index (κ3) is 3.29. The Hall–Kier alpha value is -2.09. The monoisotopic (exact) mass is 427 g/mol. The van der Waals surface area contributed by atoms with Crippen molar-refractivity contribution in [2.45, 2.75) is 44.3 Å². The Morgan fingerprint density at radius 1 is 1.00 bits per heavy atom. The Kier molecular flexibility index (Phi) is 5.00. The molecule has 1 atom stereocenters. The summed E-state index contributed by atoms with van der Waals surface area (Å²) in [7, 11) is -3.51. The molecule has 2 saturated heterocycles. The fourth-order valence-corrected chi connectivity index (χ4v) is 6.41. The van der Waals surface area contributed by atoms with Gasteiger partial charge in [-0.25, -0.2) is 8.42 Å². The summed E-state index contributed by atoms with van der Waals surface area (Å²) in [5.41, 5.74) is 6.03. The molecule has 0 amide bonds. The van der Waals surface area contributed by atoms with Crippen molar-refractivity contribution < 1.29 is 13.2 Å². The summed E-state index contributed by atoms with van der Waals surface area (Å²) in [6.45, 7) is 7.84. The number of hydrogen-bond acceptors (Lipinski definition) is 5. The van der Waals surface area contributed by atoms with Crippen LogP contribution in [-0.2, 0) is 21.3 Å². The number of anilines is 2. The second kappa shape index (κ2) is 7.55. The molecule has 0 saturated carbocycles. The second-order valence-electron chi connectivity index (χ2n) is 8.54. The first-order valence-corrected chi connectivity index (χ1v) is 12.2. The van der Waals surface area contributed by atoms with Crippen LogP contribution in [0.15, 0.2) is 41.3 Å². The van der Waals surface area contributed by atoms with Crippen molar-refractivity contribution in [1.29, 1.82) is 0 Å². The van der Waals surface area contributed by atoms with Crippen LogP contribution in [-0.4, -0.2) is 51.7 Å². The third-order valence-corrected chi connectivity index (χ3v) is 8.49. The van der Waals surface area contributed by atoms with Crippen molar-refractivity contribution in [2.24, 2.45) is 0 Å². The van der Waals surface area contributed by atoms with Gasteiger partial charge in [0.15, 0.2) is 0 Å². The van der Waals surface area contributed by atoms with Crippen LogP contribution in [0.3, 0.4) is 0 Å². The highest BCUT2D eigenvalue weighted by molar-refractivity contribution is 7.89. The molecule has 5 rings (SSSR count). The fourth-order valence-electron chi connectivity index (χ4n) is 4.98. The topological polar surface area (TPSA) is 53.1 Å². The molecule has 30 heavy (non-hydrogen) atoms. The van der Waals surface area contributed by atoms with E-state index in [1.54, 1.807) is 10.4 Å². The van der Waals surface area contributed by atoms with Crippen LogP contribution in [0.2, 0.25) is 0 Å². The Morgan fingerprint density at radius 2 is 1.80 bits per heavy atom. The average molecular weight is 428 g/mol. The molecule has 0 aromatic heterocycles. The molecule has 3 heterocycles. The summed E-state index contributed by atoms with van der Waals surface area (Å²) in [5.74, 6) is 0. The van der Waals surface area contributed by atoms with Crippen molar-refractivity contribution in [3.8, 4) is 0 Å². The zero-order valence-corrected chi connectivity index (χ0v) is 18.5. The number of aryl methyl sites for hydroxylation is 2. The molecule has 2 aromatic rings. The first kappa shape index (κ1) is 19.8. The molecule has 3 aliphatic heterocycles. The molecule has 0 aliphatic carbocycles. The molecule has 3 aliphatic rings. The largest absolute Gasteiger partial charge is 0.379 e. The predicted octanol–water partition coefficient (Wildman–Crippen LogP) is 3.27. The fraction of sp³-hybridized carbons (Fsp3) is 0.478. The summed E-state index contributed by atoms with van der Waals surface area (Å²) in [5, 5.41) is 0. The summed E-state index contributed by atoms with van der Waals surface area (Å²) >= 11 is 0. The molecule has 0 bridgehead atoms. The van der Waals surface area contributed by atoms with Crippen LogP contribution < -0.4 is 9.80 Å². The van der Waals surface area contributed by atoms with Crippen molar-refractivity contribution in [3.05, 3.63) is 53.1 Å². The lowest BCUT2D eigenvalue weighted by molar-refractivity contribution is 0.0730. The number of ether oxygens (including phenoxy) is 1. The van der Waals surface area contributed by atoms with Crippen LogP contribution in [0.5, 0.6) is 0 Å². The normalized spacial score (nSPS) is 21.7. The zero-order chi connectivity index (χ0) is 20.9. The van der Waals surface area contributed by atoms with Gasteiger partial charge in [0.05, 0.1) is 29.5 Å². The van der Waals surface area contributed by atoms with E-state index >= 15 is 0 Å². The lowest BCUT2D eigenvalue weighted by Gasteiger charge is -2.29. The van der Waals surface area contributed by atoms with Crippen LogP contribution in [0, 0.1) is 13.8 Å². The summed E-state index contributed by atoms with van der Waals surface area (Å²) in [6, 6.07) is 12.3. The number of nitrogens with zero attached hydrogens (tertiary/aromatic N) is 3. The SMILES string of the molecule is Cc1ccc(CN2c3cc(S(=O)(=O)N4CCOCC4)ccc3N3CCC[C@@H]32)c(C)c1. The van der Waals surface area contributed by atoms with Gasteiger partial charge in [0.2, 0.25) is 10.0 Å². The van der Waals surface area contributed by atoms with E-state index in [0.29, 0.717) is 37.4 Å². The molecule has 160 valence electrons. The lowest BCUT2D eigenvalue weighted by atomic mass is 10.0. The van der Waals surface area contributed by atoms with Gasteiger partial charge in [-0.3, -0.25) is 0 Å². The summed E-state index contributed by atoms with van der Waals surface area (Å²) in [6.07, 6.45) is 2.58. The molecular formula is C23H29N3O3S. The first-order valence-electron chi connectivity index (χ1n) is 10.8. The summed E-state index contributed by atoms with van der Waals surface area (Å²) in [4.78, 5) is 5.22. The lowest BCUT2D eigenvalue weighted by Crippen LogP contribution is -2.40. The second-order valence-corrected chi connectivity index (χ2v) is 10.5. The molecular weight excluding hydrogens is 398 g/mol. The summed E-state index contributed by atoms with van der Waals surface area (Å²) < 4.78 is 33.3. The smallest absolute Gasteiger partial charge is 0.243 e. The molecule has 2 aromatic carbocycles. The van der Waals surface area contributed by atoms with E-state index in [1.807, 2.05) is 12.1 Å². The Labute approximate surface area is 179 Å². The van der Waals surface area contributed by atoms with E-state index in [2.05, 4.69) is 41.8 Å². The molecule has 0 radical (unpaired) electrons. The van der Waals surface area contributed by atoms with E-state index < -0.39 is 10.0 Å². The van der Waals surface area contributed by atoms with Crippen molar-refractivity contribution in [3.63, 3.8) is 0 Å². The van der Waals surface area contributed by atoms with E-state index in [4.69, 9.17) is 4.74 Å². The van der Waals surface area contributed by atoms with Gasteiger partial charge in [0.25, 0.3) is 0 Å². The highest BCUT2D eigenvalue weighted by atomic mass is 32.2. The van der Waals surface area contributed by atoms with E-state index in [-0.39, 0.29) is 0 Å². The minimum atomic E-state index is -3.51. The molecule has 0 spiro atoms. The number of benzene rings is 2. The zero-order valence-electron chi connectivity index (χ0n) is 17.7. The van der Waals surface area contributed by atoms with Crippen molar-refractivity contribution in [1.82, 2.24) is 4.31 Å².